The Bertz CT molecular complexity index is 492. The molecule has 112 valence electrons. The molecule has 0 spiro atoms. The third-order valence-electron chi connectivity index (χ3n) is 3.20. The van der Waals surface area contributed by atoms with E-state index in [9.17, 15) is 0 Å². The molecule has 0 aromatic heterocycles. The molecule has 2 aromatic rings. The Morgan fingerprint density at radius 2 is 1.20 bits per heavy atom. The van der Waals surface area contributed by atoms with E-state index in [0.29, 0.717) is 11.8 Å². The van der Waals surface area contributed by atoms with Gasteiger partial charge in [0.05, 0.1) is 0 Å². The van der Waals surface area contributed by atoms with Gasteiger partial charge in [0.2, 0.25) is 0 Å². The Morgan fingerprint density at radius 1 is 0.650 bits per heavy atom. The third-order valence-corrected chi connectivity index (χ3v) is 3.20. The van der Waals surface area contributed by atoms with Crippen molar-refractivity contribution >= 4 is 10.8 Å². The summed E-state index contributed by atoms with van der Waals surface area (Å²) in [5, 5.41) is 2.78. The molecule has 0 aliphatic heterocycles. The van der Waals surface area contributed by atoms with E-state index < -0.39 is 0 Å². The standard InChI is InChI=1S/C16H20.2C2H6/c1-11(2)14-10-9-13-7-5-6-8-15(13)16(14)12(3)4;2*1-2/h5-12H,1-4H3;2*1-2H3. The summed E-state index contributed by atoms with van der Waals surface area (Å²) in [6.45, 7) is 17.1. The normalized spacial score (nSPS) is 9.90. The molecule has 0 radical (unpaired) electrons. The Kier molecular flexibility index (Phi) is 8.96. The van der Waals surface area contributed by atoms with E-state index in [-0.39, 0.29) is 0 Å². The monoisotopic (exact) mass is 272 g/mol. The second-order valence-electron chi connectivity index (χ2n) is 5.10. The van der Waals surface area contributed by atoms with Gasteiger partial charge >= 0.3 is 0 Å². The van der Waals surface area contributed by atoms with Gasteiger partial charge in [-0.1, -0.05) is 91.8 Å². The first-order valence-electron chi connectivity index (χ1n) is 8.12. The van der Waals surface area contributed by atoms with Crippen LogP contribution in [-0.4, -0.2) is 0 Å². The molecule has 0 nitrogen and oxygen atoms in total. The highest BCUT2D eigenvalue weighted by atomic mass is 14.2. The zero-order valence-electron chi connectivity index (χ0n) is 14.6. The van der Waals surface area contributed by atoms with Gasteiger partial charge in [-0.05, 0) is 33.7 Å². The van der Waals surface area contributed by atoms with Crippen LogP contribution in [0, 0.1) is 0 Å². The SMILES string of the molecule is CC.CC.CC(C)c1ccc2ccccc2c1C(C)C. The van der Waals surface area contributed by atoms with Crippen LogP contribution in [0.15, 0.2) is 36.4 Å². The van der Waals surface area contributed by atoms with E-state index in [1.54, 1.807) is 0 Å². The quantitative estimate of drug-likeness (QED) is 0.545. The predicted octanol–water partition coefficient (Wildman–Crippen LogP) is 7.14. The Morgan fingerprint density at radius 3 is 1.70 bits per heavy atom. The van der Waals surface area contributed by atoms with Crippen molar-refractivity contribution in [1.29, 1.82) is 0 Å². The lowest BCUT2D eigenvalue weighted by Crippen LogP contribution is -1.99. The molecule has 0 saturated heterocycles. The highest BCUT2D eigenvalue weighted by molar-refractivity contribution is 5.87. The van der Waals surface area contributed by atoms with Gasteiger partial charge < -0.3 is 0 Å². The lowest BCUT2D eigenvalue weighted by atomic mass is 9.86. The van der Waals surface area contributed by atoms with Crippen LogP contribution in [0.4, 0.5) is 0 Å². The Balaban J connectivity index is 0.000000829. The number of hydrogen-bond acceptors (Lipinski definition) is 0. The van der Waals surface area contributed by atoms with Crippen molar-refractivity contribution in [2.24, 2.45) is 0 Å². The van der Waals surface area contributed by atoms with E-state index >= 15 is 0 Å². The van der Waals surface area contributed by atoms with Gasteiger partial charge in [0.15, 0.2) is 0 Å². The van der Waals surface area contributed by atoms with Crippen molar-refractivity contribution in [2.45, 2.75) is 67.2 Å². The van der Waals surface area contributed by atoms with Gasteiger partial charge in [0.1, 0.15) is 0 Å². The van der Waals surface area contributed by atoms with Gasteiger partial charge in [0.25, 0.3) is 0 Å². The molecule has 0 aliphatic carbocycles. The Labute approximate surface area is 126 Å². The second kappa shape index (κ2) is 9.58. The van der Waals surface area contributed by atoms with Crippen LogP contribution in [0.1, 0.15) is 78.4 Å². The zero-order chi connectivity index (χ0) is 15.7. The van der Waals surface area contributed by atoms with Gasteiger partial charge in [0, 0.05) is 0 Å². The number of fused-ring (bicyclic) bond motifs is 1. The van der Waals surface area contributed by atoms with E-state index in [2.05, 4.69) is 64.1 Å². The van der Waals surface area contributed by atoms with Crippen LogP contribution >= 0.6 is 0 Å². The minimum Gasteiger partial charge on any atom is -0.0683 e. The molecule has 0 atom stereocenters. The van der Waals surface area contributed by atoms with E-state index in [0.717, 1.165) is 0 Å². The van der Waals surface area contributed by atoms with Crippen molar-refractivity contribution in [3.05, 3.63) is 47.5 Å². The fourth-order valence-electron chi connectivity index (χ4n) is 2.46. The minimum atomic E-state index is 0.587. The summed E-state index contributed by atoms with van der Waals surface area (Å²) in [6, 6.07) is 13.2. The number of rotatable bonds is 2. The molecule has 0 fully saturated rings. The summed E-state index contributed by atoms with van der Waals surface area (Å²) in [4.78, 5) is 0. The minimum absolute atomic E-state index is 0.587. The van der Waals surface area contributed by atoms with E-state index in [4.69, 9.17) is 0 Å². The predicted molar refractivity (Wildman–Crippen MR) is 94.8 cm³/mol. The Hall–Kier alpha value is -1.30. The summed E-state index contributed by atoms with van der Waals surface area (Å²) in [6.07, 6.45) is 0. The molecule has 2 aromatic carbocycles. The molecule has 20 heavy (non-hydrogen) atoms. The first-order chi connectivity index (χ1) is 9.61. The van der Waals surface area contributed by atoms with Gasteiger partial charge in [-0.3, -0.25) is 0 Å². The van der Waals surface area contributed by atoms with Crippen LogP contribution in [0.2, 0.25) is 0 Å². The maximum Gasteiger partial charge on any atom is -0.0146 e. The highest BCUT2D eigenvalue weighted by Gasteiger charge is 2.12. The van der Waals surface area contributed by atoms with Gasteiger partial charge in [-0.25, -0.2) is 0 Å². The summed E-state index contributed by atoms with van der Waals surface area (Å²) in [7, 11) is 0. The molecular weight excluding hydrogens is 240 g/mol. The molecule has 0 heterocycles. The second-order valence-corrected chi connectivity index (χ2v) is 5.10. The summed E-state index contributed by atoms with van der Waals surface area (Å²) in [5.74, 6) is 1.19. The van der Waals surface area contributed by atoms with Crippen molar-refractivity contribution < 1.29 is 0 Å². The van der Waals surface area contributed by atoms with E-state index in [1.165, 1.54) is 21.9 Å². The molecule has 0 bridgehead atoms. The van der Waals surface area contributed by atoms with Crippen LogP contribution in [0.25, 0.3) is 10.8 Å². The highest BCUT2D eigenvalue weighted by Crippen LogP contribution is 2.32. The maximum absolute atomic E-state index is 2.29. The molecule has 0 N–H and O–H groups in total. The molecule has 0 heteroatoms. The molecule has 0 amide bonds. The lowest BCUT2D eigenvalue weighted by molar-refractivity contribution is 0.798. The van der Waals surface area contributed by atoms with Gasteiger partial charge in [-0.15, -0.1) is 0 Å². The molecule has 0 saturated carbocycles. The maximum atomic E-state index is 2.29. The van der Waals surface area contributed by atoms with Crippen LogP contribution < -0.4 is 0 Å². The first-order valence-corrected chi connectivity index (χ1v) is 8.12. The summed E-state index contributed by atoms with van der Waals surface area (Å²) >= 11 is 0. The first kappa shape index (κ1) is 18.7. The summed E-state index contributed by atoms with van der Waals surface area (Å²) < 4.78 is 0. The smallest absolute Gasteiger partial charge is 0.0146 e. The average molecular weight is 272 g/mol. The summed E-state index contributed by atoms with van der Waals surface area (Å²) in [5.41, 5.74) is 3.02. The van der Waals surface area contributed by atoms with Crippen molar-refractivity contribution in [1.82, 2.24) is 0 Å². The van der Waals surface area contributed by atoms with E-state index in [1.807, 2.05) is 27.7 Å². The number of benzene rings is 2. The lowest BCUT2D eigenvalue weighted by Gasteiger charge is -2.18. The van der Waals surface area contributed by atoms with Crippen molar-refractivity contribution in [2.75, 3.05) is 0 Å². The average Bonchev–Trinajstić information content (AvgIpc) is 2.49. The fraction of sp³-hybridized carbons (Fsp3) is 0.500. The fourth-order valence-corrected chi connectivity index (χ4v) is 2.46. The zero-order valence-corrected chi connectivity index (χ0v) is 14.6. The van der Waals surface area contributed by atoms with Crippen molar-refractivity contribution in [3.63, 3.8) is 0 Å². The number of hydrogen-bond donors (Lipinski definition) is 0. The molecular formula is C20H32. The van der Waals surface area contributed by atoms with Gasteiger partial charge in [-0.2, -0.15) is 0 Å². The van der Waals surface area contributed by atoms with Crippen LogP contribution in [0.5, 0.6) is 0 Å². The third kappa shape index (κ3) is 4.37. The van der Waals surface area contributed by atoms with Crippen molar-refractivity contribution in [3.8, 4) is 0 Å². The molecule has 2 rings (SSSR count). The largest absolute Gasteiger partial charge is 0.0683 e. The molecule has 0 aliphatic rings. The molecule has 0 unspecified atom stereocenters. The van der Waals surface area contributed by atoms with Crippen LogP contribution in [0.3, 0.4) is 0 Å². The topological polar surface area (TPSA) is 0 Å². The van der Waals surface area contributed by atoms with Crippen LogP contribution in [-0.2, 0) is 0 Å².